The zero-order valence-corrected chi connectivity index (χ0v) is 12.3. The van der Waals surface area contributed by atoms with Gasteiger partial charge in [0.2, 0.25) is 0 Å². The van der Waals surface area contributed by atoms with Gasteiger partial charge >= 0.3 is 7.12 Å². The molecule has 0 radical (unpaired) electrons. The van der Waals surface area contributed by atoms with Crippen LogP contribution in [0.2, 0.25) is 5.31 Å². The van der Waals surface area contributed by atoms with Gasteiger partial charge in [0.05, 0.1) is 11.2 Å². The van der Waals surface area contributed by atoms with Gasteiger partial charge in [0, 0.05) is 11.4 Å². The highest BCUT2D eigenvalue weighted by Gasteiger charge is 2.60. The molecule has 1 heterocycles. The first-order valence-electron chi connectivity index (χ1n) is 6.58. The molecule has 2 unspecified atom stereocenters. The molecular weight excluding hydrogens is 225 g/mol. The summed E-state index contributed by atoms with van der Waals surface area (Å²) in [5.74, 6) is 0. The Hall–Kier alpha value is -0.575. The Morgan fingerprint density at radius 2 is 1.61 bits per heavy atom. The summed E-state index contributed by atoms with van der Waals surface area (Å²) in [7, 11) is -0.307. The Kier molecular flexibility index (Phi) is 3.04. The van der Waals surface area contributed by atoms with Crippen LogP contribution in [0.5, 0.6) is 0 Å². The topological polar surface area (TPSA) is 44.5 Å². The molecule has 0 aromatic rings. The van der Waals surface area contributed by atoms with E-state index in [1.807, 2.05) is 12.2 Å². The van der Waals surface area contributed by atoms with Crippen LogP contribution in [0.1, 0.15) is 41.5 Å². The minimum Gasteiger partial charge on any atom is -0.403 e. The number of rotatable bonds is 1. The first kappa shape index (κ1) is 13.8. The van der Waals surface area contributed by atoms with Crippen LogP contribution < -0.4 is 5.73 Å². The maximum absolute atomic E-state index is 6.27. The van der Waals surface area contributed by atoms with Crippen molar-refractivity contribution in [3.8, 4) is 0 Å². The smallest absolute Gasteiger partial charge is 0.403 e. The van der Waals surface area contributed by atoms with Gasteiger partial charge in [-0.1, -0.05) is 30.7 Å². The van der Waals surface area contributed by atoms with E-state index in [-0.39, 0.29) is 29.7 Å². The normalized spacial score (nSPS) is 37.8. The van der Waals surface area contributed by atoms with E-state index in [9.17, 15) is 0 Å². The van der Waals surface area contributed by atoms with Crippen LogP contribution in [0.25, 0.3) is 0 Å². The van der Waals surface area contributed by atoms with E-state index in [0.29, 0.717) is 0 Å². The molecule has 0 aromatic heterocycles. The third-order valence-electron chi connectivity index (χ3n) is 4.95. The molecule has 0 aromatic carbocycles. The summed E-state index contributed by atoms with van der Waals surface area (Å²) < 4.78 is 12.3. The van der Waals surface area contributed by atoms with Crippen LogP contribution in [0.3, 0.4) is 0 Å². The van der Waals surface area contributed by atoms with E-state index in [0.717, 1.165) is 0 Å². The molecule has 1 fully saturated rings. The predicted molar refractivity (Wildman–Crippen MR) is 75.3 cm³/mol. The van der Waals surface area contributed by atoms with E-state index >= 15 is 0 Å². The van der Waals surface area contributed by atoms with E-state index in [2.05, 4.69) is 47.6 Å². The van der Waals surface area contributed by atoms with Crippen LogP contribution >= 0.6 is 0 Å². The third kappa shape index (κ3) is 1.78. The quantitative estimate of drug-likeness (QED) is 0.726. The average Bonchev–Trinajstić information content (AvgIpc) is 2.45. The monoisotopic (exact) mass is 249 g/mol. The van der Waals surface area contributed by atoms with E-state index in [1.165, 1.54) is 5.57 Å². The fourth-order valence-electron chi connectivity index (χ4n) is 2.39. The Bertz CT molecular complexity index is 398. The molecule has 4 heteroatoms. The largest absolute Gasteiger partial charge is 0.470 e. The fraction of sp³-hybridized carbons (Fsp3) is 0.714. The number of allylic oxidation sites excluding steroid dienone is 2. The van der Waals surface area contributed by atoms with Crippen molar-refractivity contribution >= 4 is 7.12 Å². The van der Waals surface area contributed by atoms with Gasteiger partial charge in [0.25, 0.3) is 0 Å². The van der Waals surface area contributed by atoms with Crippen molar-refractivity contribution in [2.75, 3.05) is 0 Å². The Morgan fingerprint density at radius 1 is 1.11 bits per heavy atom. The zero-order chi connectivity index (χ0) is 13.8. The molecule has 2 atom stereocenters. The molecule has 0 spiro atoms. The number of nitrogens with two attached hydrogens (primary N) is 1. The van der Waals surface area contributed by atoms with Gasteiger partial charge in [0.15, 0.2) is 0 Å². The molecule has 2 N–H and O–H groups in total. The molecule has 3 nitrogen and oxygen atoms in total. The molecule has 100 valence electrons. The maximum Gasteiger partial charge on any atom is 0.470 e. The fourth-order valence-corrected chi connectivity index (χ4v) is 2.39. The minimum absolute atomic E-state index is 0.0859. The van der Waals surface area contributed by atoms with Gasteiger partial charge in [-0.3, -0.25) is 0 Å². The minimum atomic E-state index is -0.318. The molecule has 2 rings (SSSR count). The molecule has 18 heavy (non-hydrogen) atoms. The van der Waals surface area contributed by atoms with Crippen molar-refractivity contribution in [1.82, 2.24) is 0 Å². The number of hydrogen-bond donors (Lipinski definition) is 1. The lowest BCUT2D eigenvalue weighted by atomic mass is 9.50. The zero-order valence-electron chi connectivity index (χ0n) is 12.3. The van der Waals surface area contributed by atoms with E-state index in [4.69, 9.17) is 15.0 Å². The van der Waals surface area contributed by atoms with Gasteiger partial charge < -0.3 is 15.0 Å². The van der Waals surface area contributed by atoms with Crippen molar-refractivity contribution < 1.29 is 9.31 Å². The lowest BCUT2D eigenvalue weighted by molar-refractivity contribution is 0.00578. The van der Waals surface area contributed by atoms with Crippen LogP contribution in [0, 0.1) is 0 Å². The predicted octanol–water partition coefficient (Wildman–Crippen LogP) is 2.68. The SMILES string of the molecule is CC1=CC=CC(N)C1(C)B1OC(C)(C)C(C)(C)O1. The molecule has 0 amide bonds. The van der Waals surface area contributed by atoms with Crippen LogP contribution in [-0.4, -0.2) is 24.4 Å². The Balaban J connectivity index is 2.34. The van der Waals surface area contributed by atoms with Gasteiger partial charge in [-0.15, -0.1) is 0 Å². The maximum atomic E-state index is 6.27. The van der Waals surface area contributed by atoms with Gasteiger partial charge in [-0.2, -0.15) is 0 Å². The summed E-state index contributed by atoms with van der Waals surface area (Å²) in [6, 6.07) is -0.0859. The van der Waals surface area contributed by atoms with Crippen molar-refractivity contribution in [3.05, 3.63) is 23.8 Å². The van der Waals surface area contributed by atoms with Crippen LogP contribution in [-0.2, 0) is 9.31 Å². The van der Waals surface area contributed by atoms with Crippen LogP contribution in [0.15, 0.2) is 23.8 Å². The van der Waals surface area contributed by atoms with E-state index in [1.54, 1.807) is 0 Å². The first-order valence-corrected chi connectivity index (χ1v) is 6.58. The lowest BCUT2D eigenvalue weighted by Crippen LogP contribution is -2.47. The number of hydrogen-bond acceptors (Lipinski definition) is 3. The van der Waals surface area contributed by atoms with Gasteiger partial charge in [0.1, 0.15) is 0 Å². The van der Waals surface area contributed by atoms with Gasteiger partial charge in [-0.05, 0) is 34.6 Å². The van der Waals surface area contributed by atoms with Crippen molar-refractivity contribution in [2.45, 2.75) is 64.1 Å². The molecular formula is C14H24BNO2. The molecule has 1 saturated heterocycles. The molecule has 1 aliphatic heterocycles. The Morgan fingerprint density at radius 3 is 2.06 bits per heavy atom. The summed E-state index contributed by atoms with van der Waals surface area (Å²) in [4.78, 5) is 0. The molecule has 1 aliphatic carbocycles. The van der Waals surface area contributed by atoms with Crippen molar-refractivity contribution in [1.29, 1.82) is 0 Å². The molecule has 0 bridgehead atoms. The second kappa shape index (κ2) is 3.96. The van der Waals surface area contributed by atoms with E-state index < -0.39 is 0 Å². The Labute approximate surface area is 111 Å². The highest BCUT2D eigenvalue weighted by molar-refractivity contribution is 6.51. The standard InChI is InChI=1S/C14H24BNO2/c1-10-8-7-9-11(16)14(10,6)15-17-12(2,3)13(4,5)18-15/h7-9,11H,16H2,1-6H3. The highest BCUT2D eigenvalue weighted by Crippen LogP contribution is 2.51. The van der Waals surface area contributed by atoms with Crippen LogP contribution in [0.4, 0.5) is 0 Å². The van der Waals surface area contributed by atoms with Gasteiger partial charge in [-0.25, -0.2) is 0 Å². The summed E-state index contributed by atoms with van der Waals surface area (Å²) in [6.45, 7) is 12.5. The first-order chi connectivity index (χ1) is 8.11. The van der Waals surface area contributed by atoms with Crippen molar-refractivity contribution in [2.24, 2.45) is 5.73 Å². The summed E-state index contributed by atoms with van der Waals surface area (Å²) in [6.07, 6.45) is 6.11. The highest BCUT2D eigenvalue weighted by atomic mass is 16.7. The summed E-state index contributed by atoms with van der Waals surface area (Å²) in [5, 5.41) is -0.306. The average molecular weight is 249 g/mol. The summed E-state index contributed by atoms with van der Waals surface area (Å²) >= 11 is 0. The van der Waals surface area contributed by atoms with Crippen molar-refractivity contribution in [3.63, 3.8) is 0 Å². The third-order valence-corrected chi connectivity index (χ3v) is 4.95. The lowest BCUT2D eigenvalue weighted by Gasteiger charge is -2.38. The molecule has 2 aliphatic rings. The molecule has 0 saturated carbocycles. The summed E-state index contributed by atoms with van der Waals surface area (Å²) in [5.41, 5.74) is 6.84. The second-order valence-electron chi connectivity index (χ2n) is 6.63. The second-order valence-corrected chi connectivity index (χ2v) is 6.63.